The average Bonchev–Trinajstić information content (AvgIpc) is 2.58. The number of benzene rings is 1. The van der Waals surface area contributed by atoms with Gasteiger partial charge in [-0.05, 0) is 32.4 Å². The van der Waals surface area contributed by atoms with E-state index in [2.05, 4.69) is 0 Å². The number of hydrogen-bond acceptors (Lipinski definition) is 6. The highest BCUT2D eigenvalue weighted by Crippen LogP contribution is 2.33. The van der Waals surface area contributed by atoms with Crippen LogP contribution in [0.25, 0.3) is 11.0 Å². The standard InChI is InChI=1S/C19H23NO6/c1-10-8-25-9-11(2)20(10)18(22)6-14-12(3)13-5-17(24-4)15(21)7-16(13)26-19(14)23/h5,7,10-11,21H,6,8-9H2,1-4H3/t10-,11+. The fourth-order valence-corrected chi connectivity index (χ4v) is 3.51. The first-order valence-electron chi connectivity index (χ1n) is 8.55. The van der Waals surface area contributed by atoms with Crippen LogP contribution in [0.5, 0.6) is 11.5 Å². The third-order valence-corrected chi connectivity index (χ3v) is 4.87. The summed E-state index contributed by atoms with van der Waals surface area (Å²) in [7, 11) is 1.45. The van der Waals surface area contributed by atoms with Crippen molar-refractivity contribution in [3.05, 3.63) is 33.7 Å². The summed E-state index contributed by atoms with van der Waals surface area (Å²) in [6.45, 7) is 6.59. The van der Waals surface area contributed by atoms with Crippen LogP contribution in [-0.2, 0) is 16.0 Å². The normalized spacial score (nSPS) is 20.4. The van der Waals surface area contributed by atoms with Gasteiger partial charge in [-0.1, -0.05) is 0 Å². The number of phenolic OH excluding ortho intramolecular Hbond substituents is 1. The molecule has 7 nitrogen and oxygen atoms in total. The Balaban J connectivity index is 2.01. The number of rotatable bonds is 3. The second-order valence-electron chi connectivity index (χ2n) is 6.73. The number of phenols is 1. The van der Waals surface area contributed by atoms with Crippen LogP contribution in [0.1, 0.15) is 25.0 Å². The molecule has 0 radical (unpaired) electrons. The van der Waals surface area contributed by atoms with Crippen molar-refractivity contribution in [3.8, 4) is 11.5 Å². The Labute approximate surface area is 151 Å². The summed E-state index contributed by atoms with van der Waals surface area (Å²) in [5, 5.41) is 10.5. The largest absolute Gasteiger partial charge is 0.504 e. The lowest BCUT2D eigenvalue weighted by molar-refractivity contribution is -0.143. The number of methoxy groups -OCH3 is 1. The van der Waals surface area contributed by atoms with Crippen molar-refractivity contribution in [2.24, 2.45) is 0 Å². The molecule has 140 valence electrons. The Morgan fingerprint density at radius 1 is 1.31 bits per heavy atom. The summed E-state index contributed by atoms with van der Waals surface area (Å²) in [5.41, 5.74) is 0.661. The van der Waals surface area contributed by atoms with Crippen LogP contribution in [0, 0.1) is 6.92 Å². The molecule has 2 atom stereocenters. The molecule has 1 aliphatic rings. The molecule has 2 aromatic rings. The van der Waals surface area contributed by atoms with E-state index in [-0.39, 0.29) is 41.5 Å². The Morgan fingerprint density at radius 3 is 2.58 bits per heavy atom. The second-order valence-corrected chi connectivity index (χ2v) is 6.73. The minimum atomic E-state index is -0.568. The summed E-state index contributed by atoms with van der Waals surface area (Å²) >= 11 is 0. The molecule has 26 heavy (non-hydrogen) atoms. The van der Waals surface area contributed by atoms with E-state index in [9.17, 15) is 14.7 Å². The van der Waals surface area contributed by atoms with E-state index < -0.39 is 5.63 Å². The number of morpholine rings is 1. The van der Waals surface area contributed by atoms with Crippen LogP contribution >= 0.6 is 0 Å². The fourth-order valence-electron chi connectivity index (χ4n) is 3.51. The van der Waals surface area contributed by atoms with Crippen LogP contribution in [0.3, 0.4) is 0 Å². The predicted octanol–water partition coefficient (Wildman–Crippen LogP) is 1.99. The van der Waals surface area contributed by atoms with Gasteiger partial charge in [0.1, 0.15) is 5.58 Å². The van der Waals surface area contributed by atoms with E-state index in [1.165, 1.54) is 13.2 Å². The number of carbonyl (C=O) groups is 1. The van der Waals surface area contributed by atoms with Gasteiger partial charge in [0.25, 0.3) is 0 Å². The SMILES string of the molecule is COc1cc2c(C)c(CC(=O)N3[C@H](C)COC[C@@H]3C)c(=O)oc2cc1O. The summed E-state index contributed by atoms with van der Waals surface area (Å²) in [5.74, 6) is 0.0401. The van der Waals surface area contributed by atoms with Crippen molar-refractivity contribution >= 4 is 16.9 Å². The minimum absolute atomic E-state index is 0.0397. The summed E-state index contributed by atoms with van der Waals surface area (Å²) in [6.07, 6.45) is -0.0397. The third kappa shape index (κ3) is 3.14. The molecule has 2 heterocycles. The van der Waals surface area contributed by atoms with Crippen molar-refractivity contribution in [2.75, 3.05) is 20.3 Å². The van der Waals surface area contributed by atoms with Gasteiger partial charge in [-0.2, -0.15) is 0 Å². The van der Waals surface area contributed by atoms with Crippen molar-refractivity contribution in [1.82, 2.24) is 4.90 Å². The minimum Gasteiger partial charge on any atom is -0.504 e. The zero-order chi connectivity index (χ0) is 19.0. The molecular weight excluding hydrogens is 338 g/mol. The Morgan fingerprint density at radius 2 is 1.96 bits per heavy atom. The Kier molecular flexibility index (Phi) is 4.91. The summed E-state index contributed by atoms with van der Waals surface area (Å²) in [4.78, 5) is 27.0. The third-order valence-electron chi connectivity index (χ3n) is 4.87. The fraction of sp³-hybridized carbons (Fsp3) is 0.474. The first kappa shape index (κ1) is 18.3. The smallest absolute Gasteiger partial charge is 0.340 e. The Hall–Kier alpha value is -2.54. The highest BCUT2D eigenvalue weighted by atomic mass is 16.5. The first-order valence-corrected chi connectivity index (χ1v) is 8.55. The van der Waals surface area contributed by atoms with E-state index in [0.29, 0.717) is 29.7 Å². The van der Waals surface area contributed by atoms with Gasteiger partial charge in [-0.25, -0.2) is 4.79 Å². The number of amides is 1. The lowest BCUT2D eigenvalue weighted by Crippen LogP contribution is -2.53. The van der Waals surface area contributed by atoms with Gasteiger partial charge in [0.2, 0.25) is 5.91 Å². The molecule has 1 aromatic heterocycles. The zero-order valence-electron chi connectivity index (χ0n) is 15.4. The van der Waals surface area contributed by atoms with Gasteiger partial charge in [0.05, 0.1) is 44.4 Å². The monoisotopic (exact) mass is 361 g/mol. The van der Waals surface area contributed by atoms with Gasteiger partial charge in [-0.3, -0.25) is 4.79 Å². The van der Waals surface area contributed by atoms with E-state index >= 15 is 0 Å². The molecule has 1 fully saturated rings. The predicted molar refractivity (Wildman–Crippen MR) is 95.7 cm³/mol. The van der Waals surface area contributed by atoms with Crippen molar-refractivity contribution in [2.45, 2.75) is 39.3 Å². The van der Waals surface area contributed by atoms with Gasteiger partial charge in [0, 0.05) is 11.5 Å². The molecule has 1 aromatic carbocycles. The van der Waals surface area contributed by atoms with Crippen molar-refractivity contribution in [1.29, 1.82) is 0 Å². The van der Waals surface area contributed by atoms with E-state index in [1.807, 2.05) is 13.8 Å². The molecule has 1 amide bonds. The lowest BCUT2D eigenvalue weighted by Gasteiger charge is -2.38. The summed E-state index contributed by atoms with van der Waals surface area (Å²) < 4.78 is 15.9. The summed E-state index contributed by atoms with van der Waals surface area (Å²) in [6, 6.07) is 2.86. The molecule has 0 bridgehead atoms. The van der Waals surface area contributed by atoms with Crippen LogP contribution in [0.4, 0.5) is 0 Å². The van der Waals surface area contributed by atoms with E-state index in [1.54, 1.807) is 17.9 Å². The van der Waals surface area contributed by atoms with Crippen LogP contribution in [-0.4, -0.2) is 48.3 Å². The molecule has 1 saturated heterocycles. The molecular formula is C19H23NO6. The molecule has 0 unspecified atom stereocenters. The zero-order valence-corrected chi connectivity index (χ0v) is 15.4. The first-order chi connectivity index (χ1) is 12.3. The van der Waals surface area contributed by atoms with E-state index in [0.717, 1.165) is 0 Å². The van der Waals surface area contributed by atoms with Gasteiger partial charge >= 0.3 is 5.63 Å². The number of fused-ring (bicyclic) bond motifs is 1. The maximum Gasteiger partial charge on any atom is 0.340 e. The molecule has 1 aliphatic heterocycles. The maximum absolute atomic E-state index is 12.8. The molecule has 7 heteroatoms. The quantitative estimate of drug-likeness (QED) is 0.841. The lowest BCUT2D eigenvalue weighted by atomic mass is 10.0. The number of nitrogens with zero attached hydrogens (tertiary/aromatic N) is 1. The van der Waals surface area contributed by atoms with Crippen molar-refractivity contribution in [3.63, 3.8) is 0 Å². The van der Waals surface area contributed by atoms with Crippen molar-refractivity contribution < 1.29 is 23.8 Å². The number of aryl methyl sites for hydroxylation is 1. The molecule has 3 rings (SSSR count). The van der Waals surface area contributed by atoms with Gasteiger partial charge in [-0.15, -0.1) is 0 Å². The molecule has 0 spiro atoms. The number of aromatic hydroxyl groups is 1. The highest BCUT2D eigenvalue weighted by Gasteiger charge is 2.30. The molecule has 0 aliphatic carbocycles. The maximum atomic E-state index is 12.8. The van der Waals surface area contributed by atoms with Crippen LogP contribution < -0.4 is 10.4 Å². The topological polar surface area (TPSA) is 89.2 Å². The van der Waals surface area contributed by atoms with Crippen LogP contribution in [0.15, 0.2) is 21.3 Å². The Bertz CT molecular complexity index is 893. The van der Waals surface area contributed by atoms with E-state index in [4.69, 9.17) is 13.9 Å². The van der Waals surface area contributed by atoms with Crippen LogP contribution in [0.2, 0.25) is 0 Å². The number of ether oxygens (including phenoxy) is 2. The highest BCUT2D eigenvalue weighted by molar-refractivity contribution is 5.87. The number of carbonyl (C=O) groups excluding carboxylic acids is 1. The van der Waals surface area contributed by atoms with Gasteiger partial charge in [0.15, 0.2) is 11.5 Å². The molecule has 1 N–H and O–H groups in total. The molecule has 0 saturated carbocycles. The average molecular weight is 361 g/mol. The number of hydrogen-bond donors (Lipinski definition) is 1. The second kappa shape index (κ2) is 6.99. The van der Waals surface area contributed by atoms with Gasteiger partial charge < -0.3 is 23.9 Å².